The smallest absolute Gasteiger partial charge is 0.251 e. The normalized spacial score (nSPS) is 10.3. The molecule has 3 N–H and O–H groups in total. The zero-order chi connectivity index (χ0) is 14.8. The summed E-state index contributed by atoms with van der Waals surface area (Å²) in [5, 5.41) is 2.91. The molecule has 0 aromatic heterocycles. The number of anilines is 1. The van der Waals surface area contributed by atoms with Crippen molar-refractivity contribution in [1.82, 2.24) is 5.32 Å². The molecule has 0 bridgehead atoms. The number of methoxy groups -OCH3 is 1. The van der Waals surface area contributed by atoms with Crippen LogP contribution in [0.5, 0.6) is 5.75 Å². The van der Waals surface area contributed by atoms with E-state index in [9.17, 15) is 4.79 Å². The molecular weight excluding hydrogens is 272 g/mol. The Kier molecular flexibility index (Phi) is 7.95. The van der Waals surface area contributed by atoms with Gasteiger partial charge in [-0.2, -0.15) is 11.8 Å². The fourth-order valence-corrected chi connectivity index (χ4v) is 2.39. The van der Waals surface area contributed by atoms with Gasteiger partial charge in [0.05, 0.1) is 7.11 Å². The van der Waals surface area contributed by atoms with Crippen LogP contribution < -0.4 is 15.8 Å². The fourth-order valence-electron chi connectivity index (χ4n) is 1.90. The molecule has 0 heterocycles. The molecule has 1 aromatic carbocycles. The molecule has 0 aliphatic carbocycles. The first-order chi connectivity index (χ1) is 9.67. The number of nitrogens with one attached hydrogen (secondary N) is 1. The topological polar surface area (TPSA) is 64.3 Å². The maximum absolute atomic E-state index is 12.0. The molecule has 112 valence electrons. The van der Waals surface area contributed by atoms with Crippen molar-refractivity contribution in [2.45, 2.75) is 25.7 Å². The number of amides is 1. The van der Waals surface area contributed by atoms with Gasteiger partial charge in [0.25, 0.3) is 5.91 Å². The first kappa shape index (κ1) is 16.7. The summed E-state index contributed by atoms with van der Waals surface area (Å²) in [5.74, 6) is 1.72. The van der Waals surface area contributed by atoms with Gasteiger partial charge in [-0.3, -0.25) is 4.79 Å². The highest BCUT2D eigenvalue weighted by Crippen LogP contribution is 2.18. The highest BCUT2D eigenvalue weighted by Gasteiger charge is 2.07. The van der Waals surface area contributed by atoms with Crippen molar-refractivity contribution in [3.8, 4) is 5.75 Å². The first-order valence-electron chi connectivity index (χ1n) is 6.89. The second-order valence-electron chi connectivity index (χ2n) is 4.66. The predicted molar refractivity (Wildman–Crippen MR) is 86.6 cm³/mol. The van der Waals surface area contributed by atoms with E-state index in [1.807, 2.05) is 11.8 Å². The van der Waals surface area contributed by atoms with Crippen LogP contribution in [0.1, 0.15) is 36.0 Å². The predicted octanol–water partition coefficient (Wildman–Crippen LogP) is 2.93. The van der Waals surface area contributed by atoms with Gasteiger partial charge in [-0.1, -0.05) is 12.8 Å². The Bertz CT molecular complexity index is 424. The number of carbonyl (C=O) groups excluding carboxylic acids is 1. The largest absolute Gasteiger partial charge is 0.497 e. The van der Waals surface area contributed by atoms with E-state index >= 15 is 0 Å². The van der Waals surface area contributed by atoms with Crippen molar-refractivity contribution in [2.24, 2.45) is 0 Å². The van der Waals surface area contributed by atoms with Crippen LogP contribution in [-0.4, -0.2) is 31.6 Å². The summed E-state index contributed by atoms with van der Waals surface area (Å²) in [6, 6.07) is 5.06. The maximum atomic E-state index is 12.0. The van der Waals surface area contributed by atoms with Crippen molar-refractivity contribution in [3.05, 3.63) is 23.8 Å². The van der Waals surface area contributed by atoms with Gasteiger partial charge in [0.2, 0.25) is 0 Å². The van der Waals surface area contributed by atoms with Gasteiger partial charge in [-0.05, 0) is 37.0 Å². The zero-order valence-corrected chi connectivity index (χ0v) is 13.1. The number of unbranched alkanes of at least 4 members (excludes halogenated alkanes) is 3. The van der Waals surface area contributed by atoms with Gasteiger partial charge in [-0.25, -0.2) is 0 Å². The Balaban J connectivity index is 2.30. The average molecular weight is 296 g/mol. The molecule has 1 rings (SSSR count). The number of nitrogens with two attached hydrogens (primary N) is 1. The van der Waals surface area contributed by atoms with Crippen molar-refractivity contribution < 1.29 is 9.53 Å². The van der Waals surface area contributed by atoms with Gasteiger partial charge in [0.15, 0.2) is 0 Å². The van der Waals surface area contributed by atoms with Gasteiger partial charge >= 0.3 is 0 Å². The number of benzene rings is 1. The molecule has 0 atom stereocenters. The highest BCUT2D eigenvalue weighted by molar-refractivity contribution is 7.98. The van der Waals surface area contributed by atoms with E-state index in [1.54, 1.807) is 25.3 Å². The molecule has 0 unspecified atom stereocenters. The number of hydrogen-bond donors (Lipinski definition) is 2. The number of rotatable bonds is 9. The van der Waals surface area contributed by atoms with E-state index in [0.717, 1.165) is 12.8 Å². The molecule has 0 fully saturated rings. The van der Waals surface area contributed by atoms with E-state index in [4.69, 9.17) is 10.5 Å². The van der Waals surface area contributed by atoms with E-state index in [1.165, 1.54) is 18.6 Å². The molecule has 4 nitrogen and oxygen atoms in total. The minimum atomic E-state index is -0.0975. The summed E-state index contributed by atoms with van der Waals surface area (Å²) in [6.07, 6.45) is 6.77. The van der Waals surface area contributed by atoms with Crippen LogP contribution in [0.15, 0.2) is 18.2 Å². The molecule has 0 spiro atoms. The van der Waals surface area contributed by atoms with Crippen LogP contribution in [0.4, 0.5) is 5.69 Å². The minimum Gasteiger partial charge on any atom is -0.497 e. The van der Waals surface area contributed by atoms with Crippen molar-refractivity contribution >= 4 is 23.4 Å². The molecule has 0 saturated heterocycles. The molecule has 0 aliphatic heterocycles. The third kappa shape index (κ3) is 6.19. The molecular formula is C15H24N2O2S. The Hall–Kier alpha value is -1.36. The summed E-state index contributed by atoms with van der Waals surface area (Å²) in [5.41, 5.74) is 6.81. The van der Waals surface area contributed by atoms with Gasteiger partial charge in [0, 0.05) is 23.9 Å². The Morgan fingerprint density at radius 3 is 2.70 bits per heavy atom. The number of carbonyl (C=O) groups is 1. The number of nitrogen functional groups attached to an aromatic ring is 1. The standard InChI is InChI=1S/C15H24N2O2S/c1-19-14-10-12(9-13(16)11-14)15(18)17-7-5-3-4-6-8-20-2/h9-11H,3-8,16H2,1-2H3,(H,17,18). The molecule has 1 aromatic rings. The van der Waals surface area contributed by atoms with Crippen LogP contribution in [0, 0.1) is 0 Å². The van der Waals surface area contributed by atoms with Crippen LogP contribution in [0.2, 0.25) is 0 Å². The maximum Gasteiger partial charge on any atom is 0.251 e. The van der Waals surface area contributed by atoms with Crippen molar-refractivity contribution in [1.29, 1.82) is 0 Å². The lowest BCUT2D eigenvalue weighted by atomic mass is 10.1. The summed E-state index contributed by atoms with van der Waals surface area (Å²) in [4.78, 5) is 12.0. The van der Waals surface area contributed by atoms with Gasteiger partial charge in [0.1, 0.15) is 5.75 Å². The number of thioether (sulfide) groups is 1. The van der Waals surface area contributed by atoms with E-state index in [-0.39, 0.29) is 5.91 Å². The van der Waals surface area contributed by atoms with Crippen molar-refractivity contribution in [2.75, 3.05) is 31.4 Å². The second kappa shape index (κ2) is 9.53. The Morgan fingerprint density at radius 1 is 1.25 bits per heavy atom. The Labute approximate surface area is 125 Å². The summed E-state index contributed by atoms with van der Waals surface area (Å²) < 4.78 is 5.10. The second-order valence-corrected chi connectivity index (χ2v) is 5.64. The number of hydrogen-bond acceptors (Lipinski definition) is 4. The third-order valence-electron chi connectivity index (χ3n) is 2.99. The average Bonchev–Trinajstić information content (AvgIpc) is 2.45. The third-order valence-corrected chi connectivity index (χ3v) is 3.68. The zero-order valence-electron chi connectivity index (χ0n) is 12.3. The monoisotopic (exact) mass is 296 g/mol. The van der Waals surface area contributed by atoms with E-state index < -0.39 is 0 Å². The molecule has 0 saturated carbocycles. The lowest BCUT2D eigenvalue weighted by molar-refractivity contribution is 0.0952. The SMILES string of the molecule is COc1cc(N)cc(C(=O)NCCCCCCSC)c1. The quantitative estimate of drug-likeness (QED) is 0.543. The van der Waals surface area contributed by atoms with Gasteiger partial charge < -0.3 is 15.8 Å². The lowest BCUT2D eigenvalue weighted by Gasteiger charge is -2.08. The summed E-state index contributed by atoms with van der Waals surface area (Å²) >= 11 is 1.88. The molecule has 5 heteroatoms. The van der Waals surface area contributed by atoms with E-state index in [2.05, 4.69) is 11.6 Å². The first-order valence-corrected chi connectivity index (χ1v) is 8.28. The number of ether oxygens (including phenoxy) is 1. The van der Waals surface area contributed by atoms with Crippen LogP contribution in [0.3, 0.4) is 0 Å². The minimum absolute atomic E-state index is 0.0975. The summed E-state index contributed by atoms with van der Waals surface area (Å²) in [7, 11) is 1.56. The molecule has 0 aliphatic rings. The molecule has 20 heavy (non-hydrogen) atoms. The van der Waals surface area contributed by atoms with Crippen LogP contribution >= 0.6 is 11.8 Å². The highest BCUT2D eigenvalue weighted by atomic mass is 32.2. The van der Waals surface area contributed by atoms with Crippen LogP contribution in [-0.2, 0) is 0 Å². The van der Waals surface area contributed by atoms with Crippen LogP contribution in [0.25, 0.3) is 0 Å². The fraction of sp³-hybridized carbons (Fsp3) is 0.533. The van der Waals surface area contributed by atoms with E-state index in [0.29, 0.717) is 23.5 Å². The van der Waals surface area contributed by atoms with Crippen molar-refractivity contribution in [3.63, 3.8) is 0 Å². The summed E-state index contributed by atoms with van der Waals surface area (Å²) in [6.45, 7) is 0.704. The van der Waals surface area contributed by atoms with Gasteiger partial charge in [-0.15, -0.1) is 0 Å². The Morgan fingerprint density at radius 2 is 2.00 bits per heavy atom. The lowest BCUT2D eigenvalue weighted by Crippen LogP contribution is -2.24. The molecule has 1 amide bonds. The molecule has 0 radical (unpaired) electrons.